The number of hydrogen-bond donors (Lipinski definition) is 1. The molecule has 0 radical (unpaired) electrons. The number of rotatable bonds is 5. The van der Waals surface area contributed by atoms with Gasteiger partial charge < -0.3 is 15.0 Å². The number of likely N-dealkylation sites (N-methyl/N-ethyl adjacent to an activating group) is 2. The van der Waals surface area contributed by atoms with Crippen LogP contribution < -0.4 is 10.1 Å². The van der Waals surface area contributed by atoms with Crippen molar-refractivity contribution in [3.8, 4) is 5.75 Å². The Hall–Kier alpha value is -2.78. The van der Waals surface area contributed by atoms with Crippen molar-refractivity contribution < 1.29 is 32.3 Å². The molecule has 1 atom stereocenters. The maximum atomic E-state index is 12.4. The van der Waals surface area contributed by atoms with Crippen molar-refractivity contribution in [2.75, 3.05) is 14.1 Å². The van der Waals surface area contributed by atoms with E-state index in [4.69, 9.17) is 0 Å². The summed E-state index contributed by atoms with van der Waals surface area (Å²) in [6, 6.07) is 3.94. The van der Waals surface area contributed by atoms with Crippen molar-refractivity contribution in [1.82, 2.24) is 15.1 Å². The molecule has 2 rings (SSSR count). The zero-order valence-electron chi connectivity index (χ0n) is 13.5. The van der Waals surface area contributed by atoms with Crippen LogP contribution >= 0.6 is 0 Å². The van der Waals surface area contributed by atoms with E-state index in [2.05, 4.69) is 10.1 Å². The highest BCUT2D eigenvalue weighted by Gasteiger charge is 2.41. The molecule has 4 amide bonds. The molecule has 7 nitrogen and oxygen atoms in total. The van der Waals surface area contributed by atoms with Crippen molar-refractivity contribution in [3.63, 3.8) is 0 Å². The Morgan fingerprint density at radius 2 is 1.88 bits per heavy atom. The van der Waals surface area contributed by atoms with E-state index in [0.717, 1.165) is 15.9 Å². The van der Waals surface area contributed by atoms with E-state index in [1.807, 2.05) is 0 Å². The first-order chi connectivity index (χ1) is 11.6. The number of nitrogens with zero attached hydrogens (tertiary/aromatic N) is 2. The third kappa shape index (κ3) is 4.40. The second kappa shape index (κ2) is 6.99. The van der Waals surface area contributed by atoms with Crippen molar-refractivity contribution >= 4 is 17.8 Å². The van der Waals surface area contributed by atoms with Gasteiger partial charge in [-0.1, -0.05) is 18.2 Å². The molecular formula is C15H16F3N3O4. The van der Waals surface area contributed by atoms with E-state index in [0.29, 0.717) is 0 Å². The SMILES string of the molecule is CN1C(=O)C(CC(=O)NCc2ccccc2OC(F)(F)F)N(C)C1=O. The third-order valence-electron chi connectivity index (χ3n) is 3.72. The molecule has 0 spiro atoms. The van der Waals surface area contributed by atoms with E-state index in [9.17, 15) is 27.6 Å². The molecule has 1 aromatic carbocycles. The number of imide groups is 1. The number of amides is 4. The van der Waals surface area contributed by atoms with Gasteiger partial charge in [0.2, 0.25) is 5.91 Å². The van der Waals surface area contributed by atoms with Gasteiger partial charge in [-0.15, -0.1) is 13.2 Å². The van der Waals surface area contributed by atoms with Gasteiger partial charge in [0.1, 0.15) is 11.8 Å². The van der Waals surface area contributed by atoms with Crippen molar-refractivity contribution in [3.05, 3.63) is 29.8 Å². The molecule has 10 heteroatoms. The van der Waals surface area contributed by atoms with Crippen LogP contribution in [0.4, 0.5) is 18.0 Å². The van der Waals surface area contributed by atoms with Crippen molar-refractivity contribution in [1.29, 1.82) is 0 Å². The number of halogens is 3. The number of para-hydroxylation sites is 1. The maximum absolute atomic E-state index is 12.4. The Kier molecular flexibility index (Phi) is 5.19. The zero-order chi connectivity index (χ0) is 18.8. The first-order valence-electron chi connectivity index (χ1n) is 7.25. The fourth-order valence-electron chi connectivity index (χ4n) is 2.39. The van der Waals surface area contributed by atoms with Gasteiger partial charge in [-0.3, -0.25) is 14.5 Å². The highest BCUT2D eigenvalue weighted by Crippen LogP contribution is 2.26. The van der Waals surface area contributed by atoms with Crippen LogP contribution in [0.2, 0.25) is 0 Å². The topological polar surface area (TPSA) is 79.0 Å². The lowest BCUT2D eigenvalue weighted by Gasteiger charge is -2.16. The summed E-state index contributed by atoms with van der Waals surface area (Å²) in [5, 5.41) is 2.43. The number of carbonyl (C=O) groups excluding carboxylic acids is 3. The molecule has 1 fully saturated rings. The first kappa shape index (κ1) is 18.6. The summed E-state index contributed by atoms with van der Waals surface area (Å²) in [4.78, 5) is 37.6. The maximum Gasteiger partial charge on any atom is 0.573 e. The van der Waals surface area contributed by atoms with Crippen LogP contribution in [0.25, 0.3) is 0 Å². The van der Waals surface area contributed by atoms with Gasteiger partial charge in [-0.2, -0.15) is 0 Å². The van der Waals surface area contributed by atoms with Crippen LogP contribution in [0.3, 0.4) is 0 Å². The van der Waals surface area contributed by atoms with Gasteiger partial charge in [-0.05, 0) is 6.07 Å². The van der Waals surface area contributed by atoms with E-state index in [1.165, 1.54) is 32.3 Å². The lowest BCUT2D eigenvalue weighted by Crippen LogP contribution is -2.37. The summed E-state index contributed by atoms with van der Waals surface area (Å²) in [5.74, 6) is -1.50. The Morgan fingerprint density at radius 1 is 1.24 bits per heavy atom. The molecule has 1 unspecified atom stereocenters. The number of nitrogens with one attached hydrogen (secondary N) is 1. The summed E-state index contributed by atoms with van der Waals surface area (Å²) in [6.07, 6.45) is -5.13. The molecular weight excluding hydrogens is 343 g/mol. The minimum absolute atomic E-state index is 0.132. The molecule has 0 saturated carbocycles. The minimum atomic E-state index is -4.84. The molecule has 1 saturated heterocycles. The lowest BCUT2D eigenvalue weighted by atomic mass is 10.1. The molecule has 0 aliphatic carbocycles. The monoisotopic (exact) mass is 359 g/mol. The molecule has 1 N–H and O–H groups in total. The van der Waals surface area contributed by atoms with Gasteiger partial charge >= 0.3 is 12.4 Å². The number of alkyl halides is 3. The molecule has 25 heavy (non-hydrogen) atoms. The van der Waals surface area contributed by atoms with Gasteiger partial charge in [0.05, 0.1) is 6.42 Å². The predicted octanol–water partition coefficient (Wildman–Crippen LogP) is 1.48. The Morgan fingerprint density at radius 3 is 2.44 bits per heavy atom. The molecule has 1 aromatic rings. The number of ether oxygens (including phenoxy) is 1. The zero-order valence-corrected chi connectivity index (χ0v) is 13.5. The largest absolute Gasteiger partial charge is 0.573 e. The van der Waals surface area contributed by atoms with Crippen LogP contribution in [0, 0.1) is 0 Å². The molecule has 136 valence electrons. The highest BCUT2D eigenvalue weighted by molar-refractivity contribution is 6.05. The Balaban J connectivity index is 1.97. The summed E-state index contributed by atoms with van der Waals surface area (Å²) in [5.41, 5.74) is 0.132. The van der Waals surface area contributed by atoms with Crippen LogP contribution in [-0.2, 0) is 16.1 Å². The fourth-order valence-corrected chi connectivity index (χ4v) is 2.39. The second-order valence-electron chi connectivity index (χ2n) is 5.44. The van der Waals surface area contributed by atoms with Crippen molar-refractivity contribution in [2.24, 2.45) is 0 Å². The number of hydrogen-bond acceptors (Lipinski definition) is 4. The summed E-state index contributed by atoms with van der Waals surface area (Å²) < 4.78 is 41.0. The van der Waals surface area contributed by atoms with Gasteiger partial charge in [0, 0.05) is 26.2 Å². The first-order valence-corrected chi connectivity index (χ1v) is 7.25. The quantitative estimate of drug-likeness (QED) is 0.808. The molecule has 0 aromatic heterocycles. The van der Waals surface area contributed by atoms with Crippen LogP contribution in [-0.4, -0.2) is 54.1 Å². The van der Waals surface area contributed by atoms with E-state index in [-0.39, 0.29) is 18.5 Å². The number of carbonyl (C=O) groups is 3. The minimum Gasteiger partial charge on any atom is -0.405 e. The standard InChI is InChI=1S/C15H16F3N3O4/c1-20-10(13(23)21(2)14(20)24)7-12(22)19-8-9-5-3-4-6-11(9)25-15(16,17)18/h3-6,10H,7-8H2,1-2H3,(H,19,22). The van der Waals surface area contributed by atoms with Gasteiger partial charge in [-0.25, -0.2) is 4.79 Å². The summed E-state index contributed by atoms with van der Waals surface area (Å²) in [6.45, 7) is -0.209. The van der Waals surface area contributed by atoms with Crippen LogP contribution in [0.15, 0.2) is 24.3 Å². The average Bonchev–Trinajstić information content (AvgIpc) is 2.70. The molecule has 1 aliphatic heterocycles. The number of benzene rings is 1. The van der Waals surface area contributed by atoms with Crippen LogP contribution in [0.5, 0.6) is 5.75 Å². The molecule has 1 aliphatic rings. The normalized spacial score (nSPS) is 17.9. The van der Waals surface area contributed by atoms with E-state index < -0.39 is 36.0 Å². The van der Waals surface area contributed by atoms with E-state index in [1.54, 1.807) is 0 Å². The third-order valence-corrected chi connectivity index (χ3v) is 3.72. The van der Waals surface area contributed by atoms with Gasteiger partial charge in [0.15, 0.2) is 0 Å². The predicted molar refractivity (Wildman–Crippen MR) is 79.3 cm³/mol. The van der Waals surface area contributed by atoms with Crippen LogP contribution in [0.1, 0.15) is 12.0 Å². The molecule has 0 bridgehead atoms. The Labute approximate surface area is 141 Å². The van der Waals surface area contributed by atoms with E-state index >= 15 is 0 Å². The lowest BCUT2D eigenvalue weighted by molar-refractivity contribution is -0.274. The van der Waals surface area contributed by atoms with Gasteiger partial charge in [0.25, 0.3) is 5.91 Å². The number of urea groups is 1. The average molecular weight is 359 g/mol. The smallest absolute Gasteiger partial charge is 0.405 e. The fraction of sp³-hybridized carbons (Fsp3) is 0.400. The summed E-state index contributed by atoms with van der Waals surface area (Å²) >= 11 is 0. The highest BCUT2D eigenvalue weighted by atomic mass is 19.4. The second-order valence-corrected chi connectivity index (χ2v) is 5.44. The Bertz CT molecular complexity index is 693. The summed E-state index contributed by atoms with van der Waals surface area (Å²) in [7, 11) is 2.71. The molecule has 1 heterocycles. The van der Waals surface area contributed by atoms with Crippen molar-refractivity contribution in [2.45, 2.75) is 25.4 Å².